The van der Waals surface area contributed by atoms with Crippen LogP contribution in [0.5, 0.6) is 6.01 Å². The number of ether oxygens (including phenoxy) is 2. The fourth-order valence-electron chi connectivity index (χ4n) is 7.70. The molecule has 2 aromatic rings. The van der Waals surface area contributed by atoms with Gasteiger partial charge < -0.3 is 24.2 Å². The van der Waals surface area contributed by atoms with Gasteiger partial charge in [0.15, 0.2) is 0 Å². The van der Waals surface area contributed by atoms with Gasteiger partial charge in [0.25, 0.3) is 0 Å². The molecule has 2 aliphatic heterocycles. The third-order valence-electron chi connectivity index (χ3n) is 9.91. The quantitative estimate of drug-likeness (QED) is 0.480. The first-order valence-corrected chi connectivity index (χ1v) is 16.1. The Kier molecular flexibility index (Phi) is 8.25. The van der Waals surface area contributed by atoms with E-state index in [1.165, 1.54) is 36.0 Å². The predicted molar refractivity (Wildman–Crippen MR) is 165 cm³/mol. The molecule has 1 aromatic heterocycles. The van der Waals surface area contributed by atoms with E-state index < -0.39 is 5.60 Å². The molecule has 2 fully saturated rings. The molecular formula is C34H46N6O3. The number of nitriles is 1. The number of benzene rings is 1. The average molecular weight is 587 g/mol. The van der Waals surface area contributed by atoms with Crippen LogP contribution in [-0.4, -0.2) is 83.4 Å². The van der Waals surface area contributed by atoms with Crippen molar-refractivity contribution in [3.8, 4) is 12.1 Å². The number of rotatable bonds is 5. The average Bonchev–Trinajstić information content (AvgIpc) is 3.39. The first-order valence-electron chi connectivity index (χ1n) is 16.1. The summed E-state index contributed by atoms with van der Waals surface area (Å²) in [4.78, 5) is 29.6. The van der Waals surface area contributed by atoms with Crippen molar-refractivity contribution in [3.05, 3.63) is 46.6 Å². The van der Waals surface area contributed by atoms with Crippen molar-refractivity contribution in [1.82, 2.24) is 19.8 Å². The zero-order chi connectivity index (χ0) is 30.2. The van der Waals surface area contributed by atoms with Crippen LogP contribution in [0, 0.1) is 11.3 Å². The predicted octanol–water partition coefficient (Wildman–Crippen LogP) is 5.05. The van der Waals surface area contributed by atoms with Gasteiger partial charge in [0, 0.05) is 36.7 Å². The normalized spacial score (nSPS) is 25.7. The Morgan fingerprint density at radius 2 is 1.93 bits per heavy atom. The second kappa shape index (κ2) is 12.0. The van der Waals surface area contributed by atoms with E-state index in [1.807, 2.05) is 20.8 Å². The van der Waals surface area contributed by atoms with Crippen molar-refractivity contribution in [2.45, 2.75) is 102 Å². The van der Waals surface area contributed by atoms with Gasteiger partial charge in [-0.25, -0.2) is 4.79 Å². The van der Waals surface area contributed by atoms with Gasteiger partial charge in [-0.3, -0.25) is 0 Å². The van der Waals surface area contributed by atoms with Crippen LogP contribution in [0.1, 0.15) is 81.7 Å². The van der Waals surface area contributed by atoms with E-state index in [4.69, 9.17) is 19.4 Å². The molecule has 1 spiro atoms. The van der Waals surface area contributed by atoms with Gasteiger partial charge in [-0.2, -0.15) is 15.2 Å². The molecule has 9 heteroatoms. The smallest absolute Gasteiger partial charge is 0.410 e. The third-order valence-corrected chi connectivity index (χ3v) is 9.91. The highest BCUT2D eigenvalue weighted by Gasteiger charge is 2.42. The number of aryl methyl sites for hydroxylation is 1. The Morgan fingerprint density at radius 1 is 1.09 bits per heavy atom. The van der Waals surface area contributed by atoms with Crippen molar-refractivity contribution >= 4 is 11.9 Å². The number of likely N-dealkylation sites (N-methyl/N-ethyl adjacent to an activating group) is 1. The lowest BCUT2D eigenvalue weighted by molar-refractivity contribution is 0.0144. The molecule has 1 amide bonds. The number of nitrogens with zero attached hydrogens (tertiary/aromatic N) is 6. The summed E-state index contributed by atoms with van der Waals surface area (Å²) in [5, 5.41) is 9.66. The fourth-order valence-corrected chi connectivity index (χ4v) is 7.70. The molecule has 9 nitrogen and oxygen atoms in total. The van der Waals surface area contributed by atoms with Gasteiger partial charge in [0.2, 0.25) is 0 Å². The highest BCUT2D eigenvalue weighted by molar-refractivity contribution is 5.69. The summed E-state index contributed by atoms with van der Waals surface area (Å²) in [5.74, 6) is 0.908. The minimum atomic E-state index is -0.593. The van der Waals surface area contributed by atoms with Crippen molar-refractivity contribution < 1.29 is 14.3 Å². The molecule has 2 aliphatic carbocycles. The molecule has 4 aliphatic rings. The van der Waals surface area contributed by atoms with E-state index in [0.29, 0.717) is 38.3 Å². The van der Waals surface area contributed by atoms with Gasteiger partial charge in [0.05, 0.1) is 24.2 Å². The molecule has 43 heavy (non-hydrogen) atoms. The number of hydrogen-bond acceptors (Lipinski definition) is 8. The summed E-state index contributed by atoms with van der Waals surface area (Å²) in [6.07, 6.45) is 8.55. The maximum Gasteiger partial charge on any atom is 0.410 e. The van der Waals surface area contributed by atoms with Crippen LogP contribution in [0.3, 0.4) is 0 Å². The molecule has 0 N–H and O–H groups in total. The van der Waals surface area contributed by atoms with E-state index in [1.54, 1.807) is 4.90 Å². The molecule has 1 aromatic carbocycles. The van der Waals surface area contributed by atoms with Crippen molar-refractivity contribution in [1.29, 1.82) is 5.26 Å². The van der Waals surface area contributed by atoms with Crippen LogP contribution in [0.2, 0.25) is 0 Å². The zero-order valence-corrected chi connectivity index (χ0v) is 26.3. The Labute approximate surface area is 256 Å². The topological polar surface area (TPSA) is 94.8 Å². The molecule has 3 heterocycles. The lowest BCUT2D eigenvalue weighted by Crippen LogP contribution is -2.56. The Morgan fingerprint density at radius 3 is 2.70 bits per heavy atom. The lowest BCUT2D eigenvalue weighted by Gasteiger charge is -2.45. The van der Waals surface area contributed by atoms with E-state index in [0.717, 1.165) is 50.2 Å². The second-order valence-corrected chi connectivity index (χ2v) is 13.9. The molecule has 2 unspecified atom stereocenters. The summed E-state index contributed by atoms with van der Waals surface area (Å²) in [5.41, 5.74) is 4.75. The Hall–Kier alpha value is -3.38. The lowest BCUT2D eigenvalue weighted by atomic mass is 9.62. The van der Waals surface area contributed by atoms with E-state index in [2.05, 4.69) is 47.2 Å². The summed E-state index contributed by atoms with van der Waals surface area (Å²) in [6, 6.07) is 11.8. The van der Waals surface area contributed by atoms with Gasteiger partial charge in [0.1, 0.15) is 18.0 Å². The number of carbonyl (C=O) groups excluding carboxylic acids is 1. The van der Waals surface area contributed by atoms with Crippen LogP contribution in [0.25, 0.3) is 0 Å². The molecule has 6 rings (SSSR count). The van der Waals surface area contributed by atoms with Crippen LogP contribution < -0.4 is 9.64 Å². The number of anilines is 1. The zero-order valence-electron chi connectivity index (χ0n) is 26.3. The maximum atomic E-state index is 13.1. The number of piperazine rings is 1. The van der Waals surface area contributed by atoms with Crippen LogP contribution >= 0.6 is 0 Å². The first kappa shape index (κ1) is 29.7. The molecular weight excluding hydrogens is 540 g/mol. The summed E-state index contributed by atoms with van der Waals surface area (Å²) < 4.78 is 12.1. The summed E-state index contributed by atoms with van der Waals surface area (Å²) in [6.45, 7) is 8.89. The fraction of sp³-hybridized carbons (Fsp3) is 0.647. The highest BCUT2D eigenvalue weighted by Crippen LogP contribution is 2.47. The Balaban J connectivity index is 1.31. The van der Waals surface area contributed by atoms with E-state index >= 15 is 0 Å². The van der Waals surface area contributed by atoms with Crippen molar-refractivity contribution in [2.24, 2.45) is 0 Å². The third kappa shape index (κ3) is 6.17. The van der Waals surface area contributed by atoms with E-state index in [-0.39, 0.29) is 24.0 Å². The molecule has 2 saturated heterocycles. The second-order valence-electron chi connectivity index (χ2n) is 13.9. The van der Waals surface area contributed by atoms with Crippen LogP contribution in [-0.2, 0) is 29.4 Å². The SMILES string of the molecule is CN1CCCC1COc1nc2c(c(N3CCN(C(=O)OC(C)(C)C)[C@@H](CC#N)C3)n1)CCC1(CCCc3ccccc31)C2. The molecule has 0 bridgehead atoms. The van der Waals surface area contributed by atoms with Gasteiger partial charge >= 0.3 is 12.1 Å². The number of carbonyl (C=O) groups is 1. The minimum Gasteiger partial charge on any atom is -0.462 e. The number of amides is 1. The van der Waals surface area contributed by atoms with Crippen molar-refractivity contribution in [2.75, 3.05) is 44.7 Å². The first-order chi connectivity index (χ1) is 20.7. The summed E-state index contributed by atoms with van der Waals surface area (Å²) >= 11 is 0. The van der Waals surface area contributed by atoms with Gasteiger partial charge in [-0.15, -0.1) is 0 Å². The number of hydrogen-bond donors (Lipinski definition) is 0. The molecule has 230 valence electrons. The number of aromatic nitrogens is 2. The summed E-state index contributed by atoms with van der Waals surface area (Å²) in [7, 11) is 2.16. The van der Waals surface area contributed by atoms with Gasteiger partial charge in [-0.05, 0) is 96.9 Å². The molecule has 3 atom stereocenters. The van der Waals surface area contributed by atoms with E-state index in [9.17, 15) is 10.1 Å². The molecule has 0 radical (unpaired) electrons. The monoisotopic (exact) mass is 586 g/mol. The largest absolute Gasteiger partial charge is 0.462 e. The minimum absolute atomic E-state index is 0.0924. The standard InChI is InChI=1S/C34H46N6O3/c1-33(2,3)43-32(41)40-20-19-39(22-25(40)14-17-35)30-27-13-16-34(15-7-10-24-9-5-6-12-28(24)34)21-29(27)36-31(37-30)42-23-26-11-8-18-38(26)4/h5-6,9,12,25-26H,7-8,10-11,13-16,18-23H2,1-4H3/t25-,26?,34?/m0/s1. The highest BCUT2D eigenvalue weighted by atomic mass is 16.6. The van der Waals surface area contributed by atoms with Gasteiger partial charge in [-0.1, -0.05) is 24.3 Å². The van der Waals surface area contributed by atoms with Crippen LogP contribution in [0.15, 0.2) is 24.3 Å². The Bertz CT molecular complexity index is 1380. The van der Waals surface area contributed by atoms with Crippen molar-refractivity contribution in [3.63, 3.8) is 0 Å². The van der Waals surface area contributed by atoms with Crippen LogP contribution in [0.4, 0.5) is 10.6 Å². The number of likely N-dealkylation sites (tertiary alicyclic amines) is 1. The maximum absolute atomic E-state index is 13.1. The molecule has 0 saturated carbocycles. The number of fused-ring (bicyclic) bond motifs is 3.